The number of hydrogen-bond donors (Lipinski definition) is 2. The molecule has 3 rings (SSSR count). The zero-order valence-electron chi connectivity index (χ0n) is 12.1. The number of carbonyl (C=O) groups is 2. The molecule has 0 bridgehead atoms. The van der Waals surface area contributed by atoms with Crippen LogP contribution in [-0.4, -0.2) is 30.1 Å². The van der Waals surface area contributed by atoms with Gasteiger partial charge < -0.3 is 19.6 Å². The van der Waals surface area contributed by atoms with Gasteiger partial charge in [-0.2, -0.15) is 0 Å². The number of benzene rings is 1. The summed E-state index contributed by atoms with van der Waals surface area (Å²) in [6.45, 7) is -0.616. The smallest absolute Gasteiger partial charge is 0.322 e. The lowest BCUT2D eigenvalue weighted by Gasteiger charge is -2.09. The van der Waals surface area contributed by atoms with E-state index in [0.717, 1.165) is 42.4 Å². The van der Waals surface area contributed by atoms with Crippen LogP contribution < -0.4 is 10.1 Å². The van der Waals surface area contributed by atoms with Gasteiger partial charge in [-0.3, -0.25) is 9.59 Å². The Morgan fingerprint density at radius 2 is 2.09 bits per heavy atom. The first-order chi connectivity index (χ1) is 10.6. The molecule has 0 aliphatic heterocycles. The summed E-state index contributed by atoms with van der Waals surface area (Å²) in [5.41, 5.74) is 2.08. The van der Waals surface area contributed by atoms with Crippen LogP contribution >= 0.6 is 0 Å². The van der Waals surface area contributed by atoms with Crippen LogP contribution in [0.1, 0.15) is 24.2 Å². The Morgan fingerprint density at radius 1 is 1.27 bits per heavy atom. The molecule has 0 unspecified atom stereocenters. The van der Waals surface area contributed by atoms with Gasteiger partial charge in [0.1, 0.15) is 23.6 Å². The largest absolute Gasteiger partial charge is 0.484 e. The van der Waals surface area contributed by atoms with Crippen molar-refractivity contribution < 1.29 is 23.8 Å². The number of amides is 1. The van der Waals surface area contributed by atoms with Crippen LogP contribution in [0.3, 0.4) is 0 Å². The Bertz CT molecular complexity index is 719. The Kier molecular flexibility index (Phi) is 4.00. The highest BCUT2D eigenvalue weighted by atomic mass is 16.5. The molecular formula is C16H17NO5. The van der Waals surface area contributed by atoms with Crippen LogP contribution in [0.5, 0.6) is 5.75 Å². The first kappa shape index (κ1) is 14.4. The van der Waals surface area contributed by atoms with Crippen molar-refractivity contribution in [3.8, 4) is 5.75 Å². The number of furan rings is 1. The normalized spacial score (nSPS) is 13.6. The maximum atomic E-state index is 11.4. The second-order valence-corrected chi connectivity index (χ2v) is 5.33. The molecule has 22 heavy (non-hydrogen) atoms. The Morgan fingerprint density at radius 3 is 2.91 bits per heavy atom. The molecule has 1 aliphatic rings. The molecule has 0 atom stereocenters. The number of hydrogen-bond acceptors (Lipinski definition) is 4. The average Bonchev–Trinajstić information content (AvgIpc) is 2.89. The van der Waals surface area contributed by atoms with E-state index in [1.807, 2.05) is 12.1 Å². The van der Waals surface area contributed by atoms with Crippen LogP contribution in [0.4, 0.5) is 0 Å². The Hall–Kier alpha value is -2.50. The Labute approximate surface area is 127 Å². The topological polar surface area (TPSA) is 88.8 Å². The summed E-state index contributed by atoms with van der Waals surface area (Å²) in [7, 11) is 0. The first-order valence-corrected chi connectivity index (χ1v) is 7.29. The molecule has 2 N–H and O–H groups in total. The third kappa shape index (κ3) is 3.05. The van der Waals surface area contributed by atoms with Crippen molar-refractivity contribution in [1.82, 2.24) is 5.32 Å². The van der Waals surface area contributed by atoms with Gasteiger partial charge in [0.25, 0.3) is 5.91 Å². The van der Waals surface area contributed by atoms with Crippen molar-refractivity contribution in [2.75, 3.05) is 13.2 Å². The summed E-state index contributed by atoms with van der Waals surface area (Å²) in [6, 6.07) is 5.48. The van der Waals surface area contributed by atoms with E-state index in [0.29, 0.717) is 5.75 Å². The number of carbonyl (C=O) groups excluding carboxylic acids is 1. The average molecular weight is 303 g/mol. The van der Waals surface area contributed by atoms with Gasteiger partial charge in [0.15, 0.2) is 6.61 Å². The third-order valence-electron chi connectivity index (χ3n) is 3.73. The fourth-order valence-electron chi connectivity index (χ4n) is 2.71. The molecule has 0 fully saturated rings. The number of carboxylic acid groups (broad SMARTS) is 1. The van der Waals surface area contributed by atoms with Gasteiger partial charge in [0.05, 0.1) is 0 Å². The van der Waals surface area contributed by atoms with E-state index in [-0.39, 0.29) is 6.61 Å². The lowest BCUT2D eigenvalue weighted by molar-refractivity contribution is -0.138. The molecule has 2 aromatic rings. The molecule has 1 heterocycles. The van der Waals surface area contributed by atoms with E-state index in [2.05, 4.69) is 5.32 Å². The lowest BCUT2D eigenvalue weighted by Crippen LogP contribution is -2.33. The molecule has 0 spiro atoms. The highest BCUT2D eigenvalue weighted by Gasteiger charge is 2.18. The van der Waals surface area contributed by atoms with Crippen LogP contribution in [0.25, 0.3) is 11.0 Å². The zero-order chi connectivity index (χ0) is 15.5. The molecule has 116 valence electrons. The van der Waals surface area contributed by atoms with E-state index in [1.165, 1.54) is 5.56 Å². The summed E-state index contributed by atoms with van der Waals surface area (Å²) in [6.07, 6.45) is 4.28. The summed E-state index contributed by atoms with van der Waals surface area (Å²) < 4.78 is 11.3. The van der Waals surface area contributed by atoms with Gasteiger partial charge >= 0.3 is 5.97 Å². The van der Waals surface area contributed by atoms with E-state index >= 15 is 0 Å². The van der Waals surface area contributed by atoms with Gasteiger partial charge in [-0.1, -0.05) is 0 Å². The second kappa shape index (κ2) is 6.09. The number of fused-ring (bicyclic) bond motifs is 3. The lowest BCUT2D eigenvalue weighted by atomic mass is 9.96. The van der Waals surface area contributed by atoms with Crippen LogP contribution in [-0.2, 0) is 22.4 Å². The highest BCUT2D eigenvalue weighted by Crippen LogP contribution is 2.33. The SMILES string of the molecule is O=C(O)CNC(=O)COc1ccc2oc3c(c2c1)CCCC3. The molecule has 1 aromatic carbocycles. The van der Waals surface area contributed by atoms with Crippen molar-refractivity contribution >= 4 is 22.8 Å². The van der Waals surface area contributed by atoms with Gasteiger partial charge in [-0.15, -0.1) is 0 Å². The quantitative estimate of drug-likeness (QED) is 0.880. The number of ether oxygens (including phenoxy) is 1. The minimum absolute atomic E-state index is 0.209. The van der Waals surface area contributed by atoms with Crippen LogP contribution in [0.2, 0.25) is 0 Å². The van der Waals surface area contributed by atoms with Crippen molar-refractivity contribution in [1.29, 1.82) is 0 Å². The minimum Gasteiger partial charge on any atom is -0.484 e. The molecule has 0 saturated heterocycles. The summed E-state index contributed by atoms with van der Waals surface area (Å²) in [5, 5.41) is 11.8. The van der Waals surface area contributed by atoms with Crippen molar-refractivity contribution in [3.05, 3.63) is 29.5 Å². The number of aryl methyl sites for hydroxylation is 2. The zero-order valence-corrected chi connectivity index (χ0v) is 12.1. The van der Waals surface area contributed by atoms with Crippen molar-refractivity contribution in [2.45, 2.75) is 25.7 Å². The molecule has 1 aromatic heterocycles. The molecule has 6 nitrogen and oxygen atoms in total. The predicted molar refractivity (Wildman–Crippen MR) is 79.0 cm³/mol. The number of carboxylic acids is 1. The van der Waals surface area contributed by atoms with Gasteiger partial charge in [0.2, 0.25) is 0 Å². The first-order valence-electron chi connectivity index (χ1n) is 7.29. The molecular weight excluding hydrogens is 286 g/mol. The van der Waals surface area contributed by atoms with Gasteiger partial charge in [0, 0.05) is 17.4 Å². The maximum absolute atomic E-state index is 11.4. The van der Waals surface area contributed by atoms with E-state index in [4.69, 9.17) is 14.3 Å². The molecule has 6 heteroatoms. The van der Waals surface area contributed by atoms with Crippen LogP contribution in [0, 0.1) is 0 Å². The monoisotopic (exact) mass is 303 g/mol. The van der Waals surface area contributed by atoms with Gasteiger partial charge in [-0.25, -0.2) is 0 Å². The number of aliphatic carboxylic acids is 1. The highest BCUT2D eigenvalue weighted by molar-refractivity contribution is 5.85. The molecule has 1 amide bonds. The summed E-state index contributed by atoms with van der Waals surface area (Å²) in [5.74, 6) is 0.0845. The van der Waals surface area contributed by atoms with Crippen LogP contribution in [0.15, 0.2) is 22.6 Å². The van der Waals surface area contributed by atoms with E-state index in [9.17, 15) is 9.59 Å². The predicted octanol–water partition coefficient (Wildman–Crippen LogP) is 1.89. The van der Waals surface area contributed by atoms with Gasteiger partial charge in [-0.05, 0) is 37.5 Å². The molecule has 0 saturated carbocycles. The molecule has 1 aliphatic carbocycles. The van der Waals surface area contributed by atoms with E-state index < -0.39 is 18.4 Å². The van der Waals surface area contributed by atoms with Crippen molar-refractivity contribution in [3.63, 3.8) is 0 Å². The minimum atomic E-state index is -1.08. The summed E-state index contributed by atoms with van der Waals surface area (Å²) >= 11 is 0. The summed E-state index contributed by atoms with van der Waals surface area (Å²) in [4.78, 5) is 21.8. The fraction of sp³-hybridized carbons (Fsp3) is 0.375. The molecule has 0 radical (unpaired) electrons. The standard InChI is InChI=1S/C16H17NO5/c18-15(17-8-16(19)20)9-21-10-5-6-14-12(7-10)11-3-1-2-4-13(11)22-14/h5-7H,1-4,8-9H2,(H,17,18)(H,19,20). The third-order valence-corrected chi connectivity index (χ3v) is 3.73. The fourth-order valence-corrected chi connectivity index (χ4v) is 2.71. The van der Waals surface area contributed by atoms with E-state index in [1.54, 1.807) is 6.07 Å². The number of nitrogens with one attached hydrogen (secondary N) is 1. The Balaban J connectivity index is 1.69. The maximum Gasteiger partial charge on any atom is 0.322 e. The number of rotatable bonds is 5. The van der Waals surface area contributed by atoms with Crippen molar-refractivity contribution in [2.24, 2.45) is 0 Å². The second-order valence-electron chi connectivity index (χ2n) is 5.33.